The summed E-state index contributed by atoms with van der Waals surface area (Å²) in [6, 6.07) is 0. The highest BCUT2D eigenvalue weighted by Crippen LogP contribution is 2.16. The van der Waals surface area contributed by atoms with Gasteiger partial charge in [0.1, 0.15) is 0 Å². The maximum absolute atomic E-state index is 12.6. The molecule has 0 aromatic rings. The Kier molecular flexibility index (Phi) is 37.8. The minimum absolute atomic E-state index is 0.0580. The smallest absolute Gasteiger partial charge is 0.303 e. The van der Waals surface area contributed by atoms with Gasteiger partial charge in [-0.3, -0.25) is 24.0 Å². The van der Waals surface area contributed by atoms with Crippen LogP contribution in [0.5, 0.6) is 0 Å². The van der Waals surface area contributed by atoms with E-state index in [-0.39, 0.29) is 36.7 Å². The largest absolute Gasteiger partial charge is 0.481 e. The van der Waals surface area contributed by atoms with Crippen LogP contribution in [-0.4, -0.2) is 47.5 Å². The molecule has 0 aromatic heterocycles. The fourth-order valence-electron chi connectivity index (χ4n) is 7.02. The molecule has 0 heterocycles. The lowest BCUT2D eigenvalue weighted by Gasteiger charge is -2.18. The first-order valence-corrected chi connectivity index (χ1v) is 22.7. The summed E-state index contributed by atoms with van der Waals surface area (Å²) in [7, 11) is 0. The zero-order valence-electron chi connectivity index (χ0n) is 34.7. The van der Waals surface area contributed by atoms with Gasteiger partial charge in [0, 0.05) is 32.4 Å². The molecule has 310 valence electrons. The van der Waals surface area contributed by atoms with Crippen molar-refractivity contribution in [1.29, 1.82) is 0 Å². The predicted molar refractivity (Wildman–Crippen MR) is 220 cm³/mol. The number of hydrogen-bond donors (Lipinski definition) is 3. The summed E-state index contributed by atoms with van der Waals surface area (Å²) in [6.45, 7) is 5.08. The summed E-state index contributed by atoms with van der Waals surface area (Å²) in [5.74, 6) is -2.65. The van der Waals surface area contributed by atoms with Crippen LogP contribution in [0.15, 0.2) is 0 Å². The third-order valence-electron chi connectivity index (χ3n) is 10.6. The first kappa shape index (κ1) is 50.8. The molecule has 0 saturated heterocycles. The van der Waals surface area contributed by atoms with Gasteiger partial charge in [-0.1, -0.05) is 194 Å². The minimum atomic E-state index is -0.743. The molecule has 2 amide bonds. The number of nitrogens with one attached hydrogen (secondary N) is 2. The number of carboxylic acid groups (broad SMARTS) is 1. The SMILES string of the molecule is CCCCCCCCCCCCCCC(=O)C(=O)NCC(CCCCCCCCCC(=O)O)CNC(=O)C(=O)CCCCCCCCCCCCCC. The Bertz CT molecular complexity index is 851. The van der Waals surface area contributed by atoms with Gasteiger partial charge >= 0.3 is 5.97 Å². The van der Waals surface area contributed by atoms with Gasteiger partial charge in [0.15, 0.2) is 0 Å². The number of aliphatic carboxylic acids is 1. The summed E-state index contributed by atoms with van der Waals surface area (Å²) >= 11 is 0. The highest BCUT2D eigenvalue weighted by Gasteiger charge is 2.19. The zero-order valence-corrected chi connectivity index (χ0v) is 34.7. The number of unbranched alkanes of at least 4 members (excludes halogenated alkanes) is 28. The number of carbonyl (C=O) groups is 5. The molecule has 0 rings (SSSR count). The van der Waals surface area contributed by atoms with Crippen LogP contribution in [-0.2, 0) is 24.0 Å². The summed E-state index contributed by atoms with van der Waals surface area (Å²) in [4.78, 5) is 61.0. The molecule has 3 N–H and O–H groups in total. The lowest BCUT2D eigenvalue weighted by Crippen LogP contribution is -2.40. The summed E-state index contributed by atoms with van der Waals surface area (Å²) < 4.78 is 0. The van der Waals surface area contributed by atoms with E-state index in [4.69, 9.17) is 5.11 Å². The highest BCUT2D eigenvalue weighted by atomic mass is 16.4. The highest BCUT2D eigenvalue weighted by molar-refractivity contribution is 6.36. The molecule has 0 unspecified atom stereocenters. The van der Waals surface area contributed by atoms with Crippen LogP contribution in [0.2, 0.25) is 0 Å². The van der Waals surface area contributed by atoms with E-state index in [2.05, 4.69) is 24.5 Å². The molecule has 0 aliphatic carbocycles. The molecule has 0 saturated carbocycles. The van der Waals surface area contributed by atoms with Gasteiger partial charge < -0.3 is 15.7 Å². The zero-order chi connectivity index (χ0) is 39.0. The molecule has 0 aliphatic rings. The predicted octanol–water partition coefficient (Wildman–Crippen LogP) is 11.8. The second-order valence-electron chi connectivity index (χ2n) is 15.8. The molecule has 0 radical (unpaired) electrons. The Balaban J connectivity index is 4.39. The number of rotatable bonds is 42. The van der Waals surface area contributed by atoms with Crippen molar-refractivity contribution in [2.24, 2.45) is 5.92 Å². The van der Waals surface area contributed by atoms with Crippen molar-refractivity contribution >= 4 is 29.4 Å². The molecule has 8 heteroatoms. The second-order valence-corrected chi connectivity index (χ2v) is 15.8. The van der Waals surface area contributed by atoms with Gasteiger partial charge in [0.25, 0.3) is 11.8 Å². The van der Waals surface area contributed by atoms with Crippen molar-refractivity contribution in [3.8, 4) is 0 Å². The lowest BCUT2D eigenvalue weighted by atomic mass is 9.99. The van der Waals surface area contributed by atoms with Crippen LogP contribution in [0.1, 0.15) is 239 Å². The van der Waals surface area contributed by atoms with Crippen LogP contribution in [0.25, 0.3) is 0 Å². The average molecular weight is 749 g/mol. The van der Waals surface area contributed by atoms with Crippen molar-refractivity contribution in [3.05, 3.63) is 0 Å². The van der Waals surface area contributed by atoms with E-state index in [1.165, 1.54) is 116 Å². The molecule has 0 atom stereocenters. The number of hydrogen-bond acceptors (Lipinski definition) is 5. The number of amides is 2. The van der Waals surface area contributed by atoms with Crippen LogP contribution >= 0.6 is 0 Å². The molecule has 0 fully saturated rings. The van der Waals surface area contributed by atoms with Gasteiger partial charge in [-0.2, -0.15) is 0 Å². The maximum Gasteiger partial charge on any atom is 0.303 e. The van der Waals surface area contributed by atoms with Crippen molar-refractivity contribution in [2.75, 3.05) is 13.1 Å². The van der Waals surface area contributed by atoms with Crippen LogP contribution < -0.4 is 10.6 Å². The standard InChI is InChI=1S/C45H84N2O6/c1-3-5-7-9-11-13-15-17-19-23-27-31-35-41(48)44(52)46-38-40(34-30-26-22-21-25-29-33-37-43(50)51)39-47-45(53)42(49)36-32-28-24-20-18-16-14-12-10-8-6-4-2/h40H,3-39H2,1-2H3,(H,46,52)(H,47,53)(H,50,51). The topological polar surface area (TPSA) is 130 Å². The van der Waals surface area contributed by atoms with Crippen molar-refractivity contribution in [3.63, 3.8) is 0 Å². The Hall–Kier alpha value is -2.25. The van der Waals surface area contributed by atoms with E-state index in [0.29, 0.717) is 19.5 Å². The molecular formula is C45H84N2O6. The van der Waals surface area contributed by atoms with Gasteiger partial charge in [-0.25, -0.2) is 0 Å². The van der Waals surface area contributed by atoms with E-state index < -0.39 is 17.8 Å². The maximum atomic E-state index is 12.6. The normalized spacial score (nSPS) is 11.2. The molecule has 0 spiro atoms. The summed E-state index contributed by atoms with van der Waals surface area (Å²) in [5, 5.41) is 14.4. The summed E-state index contributed by atoms with van der Waals surface area (Å²) in [6.07, 6.45) is 37.3. The number of carbonyl (C=O) groups excluding carboxylic acids is 4. The van der Waals surface area contributed by atoms with Crippen LogP contribution in [0.3, 0.4) is 0 Å². The van der Waals surface area contributed by atoms with E-state index in [1.807, 2.05) is 0 Å². The monoisotopic (exact) mass is 749 g/mol. The van der Waals surface area contributed by atoms with E-state index >= 15 is 0 Å². The van der Waals surface area contributed by atoms with Crippen LogP contribution in [0, 0.1) is 5.92 Å². The molecule has 53 heavy (non-hydrogen) atoms. The Morgan fingerprint density at radius 2 is 0.642 bits per heavy atom. The minimum Gasteiger partial charge on any atom is -0.481 e. The Morgan fingerprint density at radius 1 is 0.377 bits per heavy atom. The Labute approximate surface area is 325 Å². The van der Waals surface area contributed by atoms with E-state index in [1.54, 1.807) is 0 Å². The first-order valence-electron chi connectivity index (χ1n) is 22.7. The average Bonchev–Trinajstić information content (AvgIpc) is 3.15. The number of carboxylic acids is 1. The van der Waals surface area contributed by atoms with Crippen molar-refractivity contribution in [2.45, 2.75) is 239 Å². The molecule has 8 nitrogen and oxygen atoms in total. The molecule has 0 bridgehead atoms. The third-order valence-corrected chi connectivity index (χ3v) is 10.6. The second kappa shape index (κ2) is 39.4. The quantitative estimate of drug-likeness (QED) is 0.0421. The molecule has 0 aliphatic heterocycles. The lowest BCUT2D eigenvalue weighted by molar-refractivity contribution is -0.138. The van der Waals surface area contributed by atoms with E-state index in [0.717, 1.165) is 83.5 Å². The molecular weight excluding hydrogens is 665 g/mol. The molecule has 0 aromatic carbocycles. The van der Waals surface area contributed by atoms with Gasteiger partial charge in [-0.05, 0) is 31.6 Å². The fourth-order valence-corrected chi connectivity index (χ4v) is 7.02. The van der Waals surface area contributed by atoms with Crippen LogP contribution in [0.4, 0.5) is 0 Å². The van der Waals surface area contributed by atoms with Gasteiger partial charge in [0.2, 0.25) is 11.6 Å². The fraction of sp³-hybridized carbons (Fsp3) is 0.889. The van der Waals surface area contributed by atoms with Gasteiger partial charge in [0.05, 0.1) is 0 Å². The first-order chi connectivity index (χ1) is 25.8. The van der Waals surface area contributed by atoms with Crippen molar-refractivity contribution in [1.82, 2.24) is 10.6 Å². The van der Waals surface area contributed by atoms with Crippen molar-refractivity contribution < 1.29 is 29.1 Å². The summed E-state index contributed by atoms with van der Waals surface area (Å²) in [5.41, 5.74) is 0. The van der Waals surface area contributed by atoms with E-state index in [9.17, 15) is 24.0 Å². The number of ketones is 2. The number of Topliss-reactive ketones (excluding diaryl/α,β-unsaturated/α-hetero) is 2. The third kappa shape index (κ3) is 36.5. The Morgan fingerprint density at radius 3 is 0.943 bits per heavy atom. The van der Waals surface area contributed by atoms with Gasteiger partial charge in [-0.15, -0.1) is 0 Å².